The summed E-state index contributed by atoms with van der Waals surface area (Å²) in [4.78, 5) is 31.7. The Morgan fingerprint density at radius 1 is 0.857 bits per heavy atom. The first-order valence-corrected chi connectivity index (χ1v) is 6.59. The van der Waals surface area contributed by atoms with Crippen LogP contribution in [0.25, 0.3) is 0 Å². The van der Waals surface area contributed by atoms with Crippen LogP contribution in [-0.4, -0.2) is 79.4 Å². The maximum atomic E-state index is 10.2. The monoisotopic (exact) mass is 298 g/mol. The van der Waals surface area contributed by atoms with Crippen LogP contribution in [0.5, 0.6) is 0 Å². The fraction of sp³-hybridized carbons (Fsp3) is 0. The van der Waals surface area contributed by atoms with Crippen LogP contribution >= 0.6 is 15.6 Å². The number of phosphoric acid groups is 2. The van der Waals surface area contributed by atoms with Gasteiger partial charge in [0.1, 0.15) is 0 Å². The molecule has 0 saturated heterocycles. The second kappa shape index (κ2) is 5.94. The molecule has 0 heterocycles. The van der Waals surface area contributed by atoms with E-state index in [0.717, 1.165) is 0 Å². The van der Waals surface area contributed by atoms with Crippen molar-refractivity contribution in [3.63, 3.8) is 0 Å². The van der Waals surface area contributed by atoms with E-state index in [4.69, 9.17) is 19.6 Å². The molecule has 82 valence electrons. The van der Waals surface area contributed by atoms with Gasteiger partial charge in [-0.1, -0.05) is 0 Å². The van der Waals surface area contributed by atoms with E-state index in [1.165, 1.54) is 0 Å². The summed E-state index contributed by atoms with van der Waals surface area (Å²) in [7, 11) is -16.3. The van der Waals surface area contributed by atoms with Gasteiger partial charge in [0.25, 0.3) is 0 Å². The van der Waals surface area contributed by atoms with Gasteiger partial charge in [0.15, 0.2) is 0 Å². The van der Waals surface area contributed by atoms with Crippen molar-refractivity contribution in [3.05, 3.63) is 0 Å². The van der Waals surface area contributed by atoms with Crippen molar-refractivity contribution in [1.29, 1.82) is 0 Å². The first-order chi connectivity index (χ1) is 5.41. The van der Waals surface area contributed by atoms with Gasteiger partial charge in [-0.05, 0) is 0 Å². The van der Waals surface area contributed by atoms with Crippen LogP contribution in [0.1, 0.15) is 0 Å². The molecule has 0 spiro atoms. The summed E-state index contributed by atoms with van der Waals surface area (Å²) < 4.78 is 46.1. The fourth-order valence-corrected chi connectivity index (χ4v) is 2.51. The van der Waals surface area contributed by atoms with Crippen molar-refractivity contribution in [3.8, 4) is 0 Å². The van der Waals surface area contributed by atoms with Crippen molar-refractivity contribution >= 4 is 77.4 Å². The average molecular weight is 298 g/mol. The molecule has 0 rings (SSSR count). The molecule has 0 aliphatic heterocycles. The standard InChI is InChI=1S/K.H4O10P2S.H/c;1-11(2,3)9-13(7,8)10-12(4,5)6;/h;(H2,1,2,3)(H2,4,5,6);. The zero-order chi connectivity index (χ0) is 10.9. The molecule has 4 N–H and O–H groups in total. The Kier molecular flexibility index (Phi) is 7.71. The normalized spacial score (nSPS) is 13.4. The molecular formula is H5KO10P2S. The first kappa shape index (κ1) is 18.2. The van der Waals surface area contributed by atoms with Crippen LogP contribution in [0.2, 0.25) is 0 Å². The van der Waals surface area contributed by atoms with E-state index in [1.54, 1.807) is 0 Å². The van der Waals surface area contributed by atoms with Crippen molar-refractivity contribution in [2.45, 2.75) is 0 Å². The van der Waals surface area contributed by atoms with Crippen LogP contribution in [0.3, 0.4) is 0 Å². The Labute approximate surface area is 121 Å². The van der Waals surface area contributed by atoms with Gasteiger partial charge in [-0.2, -0.15) is 8.42 Å². The Morgan fingerprint density at radius 2 is 1.07 bits per heavy atom. The van der Waals surface area contributed by atoms with Gasteiger partial charge in [0, 0.05) is 0 Å². The molecule has 0 bridgehead atoms. The zero-order valence-electron chi connectivity index (χ0n) is 5.54. The molecular weight excluding hydrogens is 293 g/mol. The molecule has 0 amide bonds. The zero-order valence-corrected chi connectivity index (χ0v) is 8.15. The number of hydrogen-bond acceptors (Lipinski definition) is 6. The molecule has 0 atom stereocenters. The molecule has 0 unspecified atom stereocenters. The van der Waals surface area contributed by atoms with Crippen LogP contribution in [0, 0.1) is 0 Å². The van der Waals surface area contributed by atoms with E-state index in [9.17, 15) is 17.5 Å². The fourth-order valence-electron chi connectivity index (χ4n) is 0.251. The quantitative estimate of drug-likeness (QED) is 0.330. The minimum absolute atomic E-state index is 0. The Morgan fingerprint density at radius 3 is 1.21 bits per heavy atom. The molecule has 0 aliphatic rings. The number of hydrogen-bond donors (Lipinski definition) is 4. The number of rotatable bonds is 4. The third kappa shape index (κ3) is 11.9. The Hall–Kier alpha value is 1.81. The minimum atomic E-state index is -5.43. The second-order valence-corrected chi connectivity index (χ2v) is 5.51. The molecule has 14 heteroatoms. The molecule has 0 saturated carbocycles. The van der Waals surface area contributed by atoms with Crippen LogP contribution in [-0.2, 0) is 27.5 Å². The maximum absolute atomic E-state index is 10.2. The van der Waals surface area contributed by atoms with Crippen molar-refractivity contribution < 1.29 is 45.1 Å². The van der Waals surface area contributed by atoms with E-state index >= 15 is 0 Å². The van der Waals surface area contributed by atoms with E-state index in [1.807, 2.05) is 0 Å². The van der Waals surface area contributed by atoms with Gasteiger partial charge in [0.05, 0.1) is 0 Å². The van der Waals surface area contributed by atoms with Crippen LogP contribution in [0.15, 0.2) is 0 Å². The van der Waals surface area contributed by atoms with Crippen molar-refractivity contribution in [2.75, 3.05) is 0 Å². The van der Waals surface area contributed by atoms with Gasteiger partial charge in [-0.3, -0.25) is 0 Å². The molecule has 0 aromatic carbocycles. The Balaban J connectivity index is 0. The van der Waals surface area contributed by atoms with Crippen molar-refractivity contribution in [2.24, 2.45) is 0 Å². The first-order valence-electron chi connectivity index (χ1n) is 2.20. The third-order valence-corrected chi connectivity index (χ3v) is 3.39. The summed E-state index contributed by atoms with van der Waals surface area (Å²) in [5, 5.41) is 0. The summed E-state index contributed by atoms with van der Waals surface area (Å²) in [5.74, 6) is 0. The average Bonchev–Trinajstić information content (AvgIpc) is 1.43. The predicted octanol–water partition coefficient (Wildman–Crippen LogP) is -2.20. The summed E-state index contributed by atoms with van der Waals surface area (Å²) in [6, 6.07) is 0. The van der Waals surface area contributed by atoms with Crippen LogP contribution in [0.4, 0.5) is 0 Å². The van der Waals surface area contributed by atoms with E-state index < -0.39 is 26.0 Å². The third-order valence-electron chi connectivity index (χ3n) is 0.377. The van der Waals surface area contributed by atoms with Crippen molar-refractivity contribution in [1.82, 2.24) is 0 Å². The molecule has 0 radical (unpaired) electrons. The van der Waals surface area contributed by atoms with Gasteiger partial charge in [-0.25, -0.2) is 9.13 Å². The summed E-state index contributed by atoms with van der Waals surface area (Å²) in [6.07, 6.45) is 0. The van der Waals surface area contributed by atoms with Gasteiger partial charge in [0.2, 0.25) is 0 Å². The second-order valence-electron chi connectivity index (χ2n) is 1.54. The molecule has 10 nitrogen and oxygen atoms in total. The van der Waals surface area contributed by atoms with E-state index in [0.29, 0.717) is 0 Å². The topological polar surface area (TPSA) is 168 Å². The van der Waals surface area contributed by atoms with Crippen LogP contribution < -0.4 is 0 Å². The summed E-state index contributed by atoms with van der Waals surface area (Å²) in [6.45, 7) is 0. The molecule has 0 aromatic heterocycles. The summed E-state index contributed by atoms with van der Waals surface area (Å²) in [5.41, 5.74) is 0. The van der Waals surface area contributed by atoms with E-state index in [2.05, 4.69) is 7.94 Å². The predicted molar refractivity (Wildman–Crippen MR) is 42.3 cm³/mol. The molecule has 0 aromatic rings. The summed E-state index contributed by atoms with van der Waals surface area (Å²) >= 11 is 0. The van der Waals surface area contributed by atoms with Gasteiger partial charge >= 0.3 is 77.4 Å². The van der Waals surface area contributed by atoms with Gasteiger partial charge in [-0.15, -0.1) is 7.94 Å². The Bertz CT molecular complexity index is 324. The molecule has 14 heavy (non-hydrogen) atoms. The SMILES string of the molecule is O=P(O)(O)OS(=O)(=O)OP(=O)(O)O.[KH]. The van der Waals surface area contributed by atoms with E-state index in [-0.39, 0.29) is 51.4 Å². The molecule has 0 fully saturated rings. The molecule has 0 aliphatic carbocycles. The van der Waals surface area contributed by atoms with Gasteiger partial charge < -0.3 is 19.6 Å².